The van der Waals surface area contributed by atoms with Gasteiger partial charge in [-0.15, -0.1) is 0 Å². The number of hydrogen-bond donors (Lipinski definition) is 2. The highest BCUT2D eigenvalue weighted by molar-refractivity contribution is 4.93. The Morgan fingerprint density at radius 3 is 2.11 bits per heavy atom. The highest BCUT2D eigenvalue weighted by atomic mass is 16.5. The van der Waals surface area contributed by atoms with Crippen LogP contribution in [-0.4, -0.2) is 25.5 Å². The molecule has 0 radical (unpaired) electrons. The summed E-state index contributed by atoms with van der Waals surface area (Å²) in [5.74, 6) is 0. The van der Waals surface area contributed by atoms with E-state index >= 15 is 0 Å². The Bertz CT molecular complexity index is 102. The molecule has 3 heteroatoms. The van der Waals surface area contributed by atoms with Gasteiger partial charge in [0.2, 0.25) is 0 Å². The van der Waals surface area contributed by atoms with Crippen LogP contribution in [0.1, 0.15) is 12.8 Å². The molecule has 3 saturated heterocycles. The first-order chi connectivity index (χ1) is 4.38. The first kappa shape index (κ1) is 5.65. The van der Waals surface area contributed by atoms with Crippen molar-refractivity contribution in [2.24, 2.45) is 0 Å². The Kier molecular flexibility index (Phi) is 1.22. The van der Waals surface area contributed by atoms with Crippen molar-refractivity contribution in [3.05, 3.63) is 0 Å². The van der Waals surface area contributed by atoms with E-state index in [9.17, 15) is 0 Å². The van der Waals surface area contributed by atoms with Gasteiger partial charge in [-0.2, -0.15) is 0 Å². The summed E-state index contributed by atoms with van der Waals surface area (Å²) in [6.45, 7) is 0. The molecule has 2 N–H and O–H groups in total. The summed E-state index contributed by atoms with van der Waals surface area (Å²) >= 11 is 0. The minimum absolute atomic E-state index is 0.488. The van der Waals surface area contributed by atoms with E-state index in [-0.39, 0.29) is 0 Å². The van der Waals surface area contributed by atoms with Crippen molar-refractivity contribution in [2.75, 3.05) is 7.11 Å². The van der Waals surface area contributed by atoms with Gasteiger partial charge in [0.25, 0.3) is 0 Å². The van der Waals surface area contributed by atoms with Gasteiger partial charge in [0, 0.05) is 20.0 Å². The molecular weight excluding hydrogens is 116 g/mol. The summed E-state index contributed by atoms with van der Waals surface area (Å²) in [5.41, 5.74) is 0. The highest BCUT2D eigenvalue weighted by Gasteiger charge is 2.36. The molecule has 0 saturated carbocycles. The second kappa shape index (κ2) is 1.94. The van der Waals surface area contributed by atoms with Crippen molar-refractivity contribution >= 4 is 0 Å². The number of nitrogens with one attached hydrogen (secondary N) is 2. The molecule has 3 heterocycles. The van der Waals surface area contributed by atoms with Crippen LogP contribution in [0.15, 0.2) is 0 Å². The quantitative estimate of drug-likeness (QED) is 0.506. The van der Waals surface area contributed by atoms with Crippen molar-refractivity contribution in [1.29, 1.82) is 0 Å². The lowest BCUT2D eigenvalue weighted by atomic mass is 9.98. The van der Waals surface area contributed by atoms with E-state index in [0.717, 1.165) is 12.8 Å². The number of ether oxygens (including phenoxy) is 1. The molecule has 0 unspecified atom stereocenters. The lowest BCUT2D eigenvalue weighted by Gasteiger charge is -2.47. The van der Waals surface area contributed by atoms with E-state index < -0.39 is 0 Å². The molecule has 3 aliphatic heterocycles. The fourth-order valence-corrected chi connectivity index (χ4v) is 1.57. The molecule has 0 atom stereocenters. The average Bonchev–Trinajstić information content (AvgIpc) is 1.87. The van der Waals surface area contributed by atoms with E-state index in [2.05, 4.69) is 10.6 Å². The number of methoxy groups -OCH3 is 1. The van der Waals surface area contributed by atoms with Crippen molar-refractivity contribution in [3.63, 3.8) is 0 Å². The standard InChI is InChI=1S/C6H12N2O/c1-9-4-2-5-7-6(3-4)8-5/h4-8H,2-3H2,1H3/t4?,5-,6+. The van der Waals surface area contributed by atoms with E-state index in [1.165, 1.54) is 0 Å². The number of rotatable bonds is 1. The topological polar surface area (TPSA) is 33.3 Å². The van der Waals surface area contributed by atoms with Crippen LogP contribution < -0.4 is 10.6 Å². The van der Waals surface area contributed by atoms with Crippen LogP contribution in [0.2, 0.25) is 0 Å². The summed E-state index contributed by atoms with van der Waals surface area (Å²) in [7, 11) is 1.79. The SMILES string of the molecule is COC1C[C@H]2N[C@@H](C1)N2. The van der Waals surface area contributed by atoms with Crippen LogP contribution in [0.3, 0.4) is 0 Å². The van der Waals surface area contributed by atoms with E-state index in [1.807, 2.05) is 0 Å². The minimum Gasteiger partial charge on any atom is -0.381 e. The van der Waals surface area contributed by atoms with E-state index in [4.69, 9.17) is 4.74 Å². The molecule has 0 spiro atoms. The third-order valence-electron chi connectivity index (χ3n) is 2.14. The van der Waals surface area contributed by atoms with Crippen molar-refractivity contribution in [1.82, 2.24) is 10.6 Å². The van der Waals surface area contributed by atoms with Gasteiger partial charge < -0.3 is 4.74 Å². The largest absolute Gasteiger partial charge is 0.381 e. The van der Waals surface area contributed by atoms with Crippen molar-refractivity contribution < 1.29 is 4.74 Å². The van der Waals surface area contributed by atoms with Gasteiger partial charge in [-0.1, -0.05) is 0 Å². The van der Waals surface area contributed by atoms with Gasteiger partial charge in [-0.05, 0) is 0 Å². The molecule has 3 nitrogen and oxygen atoms in total. The fraction of sp³-hybridized carbons (Fsp3) is 1.00. The molecule has 3 fully saturated rings. The van der Waals surface area contributed by atoms with Crippen molar-refractivity contribution in [2.45, 2.75) is 31.3 Å². The van der Waals surface area contributed by atoms with Gasteiger partial charge >= 0.3 is 0 Å². The molecule has 0 aromatic rings. The summed E-state index contributed by atoms with van der Waals surface area (Å²) in [4.78, 5) is 0. The molecule has 0 amide bonds. The molecule has 9 heavy (non-hydrogen) atoms. The Morgan fingerprint density at radius 2 is 1.78 bits per heavy atom. The van der Waals surface area contributed by atoms with Crippen LogP contribution >= 0.6 is 0 Å². The Morgan fingerprint density at radius 1 is 1.22 bits per heavy atom. The molecule has 3 rings (SSSR count). The monoisotopic (exact) mass is 128 g/mol. The maximum atomic E-state index is 5.21. The predicted octanol–water partition coefficient (Wildman–Crippen LogP) is -0.360. The van der Waals surface area contributed by atoms with Gasteiger partial charge in [0.15, 0.2) is 0 Å². The third kappa shape index (κ3) is 0.852. The number of fused-ring (bicyclic) bond motifs is 2. The Balaban J connectivity index is 1.89. The van der Waals surface area contributed by atoms with Crippen LogP contribution in [0.25, 0.3) is 0 Å². The zero-order valence-electron chi connectivity index (χ0n) is 5.55. The van der Waals surface area contributed by atoms with E-state index in [0.29, 0.717) is 18.4 Å². The maximum Gasteiger partial charge on any atom is 0.0626 e. The predicted molar refractivity (Wildman–Crippen MR) is 33.9 cm³/mol. The molecular formula is C6H12N2O. The van der Waals surface area contributed by atoms with Gasteiger partial charge in [-0.3, -0.25) is 10.6 Å². The molecule has 2 bridgehead atoms. The summed E-state index contributed by atoms with van der Waals surface area (Å²) < 4.78 is 5.21. The molecule has 0 aromatic heterocycles. The molecule has 52 valence electrons. The highest BCUT2D eigenvalue weighted by Crippen LogP contribution is 2.20. The molecule has 0 aromatic carbocycles. The van der Waals surface area contributed by atoms with Gasteiger partial charge in [0.1, 0.15) is 0 Å². The Labute approximate surface area is 54.8 Å². The van der Waals surface area contributed by atoms with Gasteiger partial charge in [0.05, 0.1) is 18.4 Å². The van der Waals surface area contributed by atoms with Crippen molar-refractivity contribution in [3.8, 4) is 0 Å². The first-order valence-corrected chi connectivity index (χ1v) is 3.43. The summed E-state index contributed by atoms with van der Waals surface area (Å²) in [6, 6.07) is 0. The van der Waals surface area contributed by atoms with Crippen LogP contribution in [0.5, 0.6) is 0 Å². The van der Waals surface area contributed by atoms with Crippen LogP contribution in [-0.2, 0) is 4.74 Å². The molecule has 3 aliphatic rings. The zero-order valence-corrected chi connectivity index (χ0v) is 5.55. The van der Waals surface area contributed by atoms with Crippen LogP contribution in [0.4, 0.5) is 0 Å². The second-order valence-corrected chi connectivity index (χ2v) is 2.77. The first-order valence-electron chi connectivity index (χ1n) is 3.43. The summed E-state index contributed by atoms with van der Waals surface area (Å²) in [5, 5.41) is 6.70. The minimum atomic E-state index is 0.488. The zero-order chi connectivity index (χ0) is 6.27. The summed E-state index contributed by atoms with van der Waals surface area (Å²) in [6.07, 6.45) is 3.80. The lowest BCUT2D eigenvalue weighted by Crippen LogP contribution is -2.72. The second-order valence-electron chi connectivity index (χ2n) is 2.77. The number of piperidine rings is 2. The molecule has 0 aliphatic carbocycles. The smallest absolute Gasteiger partial charge is 0.0626 e. The maximum absolute atomic E-state index is 5.21. The Hall–Kier alpha value is -0.120. The third-order valence-corrected chi connectivity index (χ3v) is 2.14. The fourth-order valence-electron chi connectivity index (χ4n) is 1.57. The van der Waals surface area contributed by atoms with Crippen LogP contribution in [0, 0.1) is 0 Å². The normalized spacial score (nSPS) is 48.3. The van der Waals surface area contributed by atoms with Gasteiger partial charge in [-0.25, -0.2) is 0 Å². The average molecular weight is 128 g/mol. The number of hydrogen-bond acceptors (Lipinski definition) is 3. The lowest BCUT2D eigenvalue weighted by molar-refractivity contribution is -0.0149. The van der Waals surface area contributed by atoms with E-state index in [1.54, 1.807) is 7.11 Å².